The molecule has 8 nitrogen and oxygen atoms in total. The Morgan fingerprint density at radius 2 is 1.83 bits per heavy atom. The number of nitrogens with zero attached hydrogens (tertiary/aromatic N) is 3. The third-order valence-electron chi connectivity index (χ3n) is 7.40. The molecule has 1 aromatic carbocycles. The summed E-state index contributed by atoms with van der Waals surface area (Å²) in [6.45, 7) is 4.03. The van der Waals surface area contributed by atoms with Crippen molar-refractivity contribution in [2.45, 2.75) is 70.0 Å². The molecule has 2 aromatic rings. The van der Waals surface area contributed by atoms with E-state index < -0.39 is 18.1 Å². The summed E-state index contributed by atoms with van der Waals surface area (Å²) in [5.74, 6) is 0.268. The molecule has 5 rings (SSSR count). The van der Waals surface area contributed by atoms with Gasteiger partial charge in [-0.05, 0) is 55.1 Å². The fraction of sp³-hybridized carbons (Fsp3) is 0.556. The van der Waals surface area contributed by atoms with Crippen molar-refractivity contribution in [1.82, 2.24) is 20.1 Å². The van der Waals surface area contributed by atoms with Crippen LogP contribution in [0.4, 0.5) is 0 Å². The molecular weight excluding hydrogens is 444 g/mol. The summed E-state index contributed by atoms with van der Waals surface area (Å²) in [7, 11) is 3.32. The van der Waals surface area contributed by atoms with E-state index in [1.54, 1.807) is 14.1 Å². The molecule has 3 amide bonds. The van der Waals surface area contributed by atoms with Crippen LogP contribution >= 0.6 is 0 Å². The highest BCUT2D eigenvalue weighted by atomic mass is 16.3. The van der Waals surface area contributed by atoms with Crippen LogP contribution in [0.3, 0.4) is 0 Å². The molecule has 35 heavy (non-hydrogen) atoms. The zero-order chi connectivity index (χ0) is 24.9. The van der Waals surface area contributed by atoms with Crippen LogP contribution in [0.25, 0.3) is 0 Å². The Bertz CT molecular complexity index is 1110. The first-order valence-corrected chi connectivity index (χ1v) is 12.6. The molecule has 1 N–H and O–H groups in total. The van der Waals surface area contributed by atoms with Crippen LogP contribution in [-0.2, 0) is 27.2 Å². The van der Waals surface area contributed by atoms with Crippen LogP contribution in [0.5, 0.6) is 0 Å². The molecule has 3 aliphatic rings. The molecule has 2 aliphatic carbocycles. The molecule has 0 radical (unpaired) electrons. The Kier molecular flexibility index (Phi) is 6.15. The average molecular weight is 479 g/mol. The predicted octanol–water partition coefficient (Wildman–Crippen LogP) is 2.84. The van der Waals surface area contributed by atoms with Crippen LogP contribution in [0.2, 0.25) is 0 Å². The standard InChI is InChI=1S/C27H34N4O4/c1-15(2)11-21-24(32)29-22(19-12-17-7-5-6-8-18(17)13-19)26(33)31(21)23(27(34)30(3)4)20-14-35-25(28-20)16-9-10-16/h5-8,14-16,19,21-23H,9-13H2,1-4H3,(H,29,32)/t21-,22-,23?/m1/s1. The number of rotatable bonds is 7. The highest BCUT2D eigenvalue weighted by Gasteiger charge is 2.50. The first-order chi connectivity index (χ1) is 16.7. The van der Waals surface area contributed by atoms with Gasteiger partial charge in [-0.1, -0.05) is 38.1 Å². The van der Waals surface area contributed by atoms with Crippen LogP contribution in [0.15, 0.2) is 34.9 Å². The Hall–Kier alpha value is -3.16. The van der Waals surface area contributed by atoms with Crippen LogP contribution < -0.4 is 5.32 Å². The van der Waals surface area contributed by atoms with Crippen molar-refractivity contribution in [3.05, 3.63) is 53.2 Å². The zero-order valence-electron chi connectivity index (χ0n) is 20.9. The summed E-state index contributed by atoms with van der Waals surface area (Å²) < 4.78 is 5.72. The highest BCUT2D eigenvalue weighted by Crippen LogP contribution is 2.41. The molecular formula is C27H34N4O4. The van der Waals surface area contributed by atoms with Crippen molar-refractivity contribution in [1.29, 1.82) is 0 Å². The van der Waals surface area contributed by atoms with Gasteiger partial charge in [-0.2, -0.15) is 0 Å². The van der Waals surface area contributed by atoms with E-state index in [9.17, 15) is 14.4 Å². The summed E-state index contributed by atoms with van der Waals surface area (Å²) in [6.07, 6.45) is 5.41. The van der Waals surface area contributed by atoms with Gasteiger partial charge in [0.2, 0.25) is 11.8 Å². The lowest BCUT2D eigenvalue weighted by Crippen LogP contribution is -2.67. The fourth-order valence-electron chi connectivity index (χ4n) is 5.45. The SMILES string of the molecule is CC(C)C[C@@H]1C(=O)N[C@H](C2Cc3ccccc3C2)C(=O)N1C(C(=O)N(C)C)c1coc(C2CC2)n1. The Labute approximate surface area is 206 Å². The number of piperazine rings is 1. The number of oxazole rings is 1. The van der Waals surface area contributed by atoms with Crippen molar-refractivity contribution in [2.24, 2.45) is 11.8 Å². The van der Waals surface area contributed by atoms with Gasteiger partial charge >= 0.3 is 0 Å². The van der Waals surface area contributed by atoms with Gasteiger partial charge in [-0.25, -0.2) is 4.98 Å². The molecule has 2 fully saturated rings. The number of benzene rings is 1. The molecule has 186 valence electrons. The molecule has 1 saturated heterocycles. The van der Waals surface area contributed by atoms with Gasteiger partial charge in [-0.15, -0.1) is 0 Å². The molecule has 0 bridgehead atoms. The quantitative estimate of drug-likeness (QED) is 0.660. The lowest BCUT2D eigenvalue weighted by atomic mass is 9.88. The maximum absolute atomic E-state index is 14.2. The molecule has 2 heterocycles. The molecule has 8 heteroatoms. The average Bonchev–Trinajstić information content (AvgIpc) is 3.39. The predicted molar refractivity (Wildman–Crippen MR) is 129 cm³/mol. The second-order valence-corrected chi connectivity index (χ2v) is 10.8. The number of likely N-dealkylation sites (N-methyl/N-ethyl adjacent to an activating group) is 1. The number of hydrogen-bond donors (Lipinski definition) is 1. The molecule has 1 unspecified atom stereocenters. The fourth-order valence-corrected chi connectivity index (χ4v) is 5.45. The third kappa shape index (κ3) is 4.46. The minimum Gasteiger partial charge on any atom is -0.448 e. The minimum absolute atomic E-state index is 0.0548. The van der Waals surface area contributed by atoms with Crippen molar-refractivity contribution >= 4 is 17.7 Å². The van der Waals surface area contributed by atoms with E-state index in [-0.39, 0.29) is 35.5 Å². The van der Waals surface area contributed by atoms with Gasteiger partial charge in [0.25, 0.3) is 5.91 Å². The number of carbonyl (C=O) groups excluding carboxylic acids is 3. The molecule has 1 aliphatic heterocycles. The second-order valence-electron chi connectivity index (χ2n) is 10.8. The maximum atomic E-state index is 14.2. The summed E-state index contributed by atoms with van der Waals surface area (Å²) in [4.78, 5) is 48.8. The van der Waals surface area contributed by atoms with Gasteiger partial charge in [0.1, 0.15) is 24.0 Å². The molecule has 1 aromatic heterocycles. The Morgan fingerprint density at radius 3 is 2.40 bits per heavy atom. The summed E-state index contributed by atoms with van der Waals surface area (Å²) in [5.41, 5.74) is 2.82. The van der Waals surface area contributed by atoms with E-state index in [0.717, 1.165) is 25.7 Å². The van der Waals surface area contributed by atoms with Crippen LogP contribution in [0, 0.1) is 11.8 Å². The minimum atomic E-state index is -1.00. The molecule has 1 saturated carbocycles. The van der Waals surface area contributed by atoms with Crippen molar-refractivity contribution in [3.8, 4) is 0 Å². The highest BCUT2D eigenvalue weighted by molar-refractivity contribution is 6.00. The van der Waals surface area contributed by atoms with Crippen molar-refractivity contribution in [3.63, 3.8) is 0 Å². The van der Waals surface area contributed by atoms with E-state index in [4.69, 9.17) is 4.42 Å². The van der Waals surface area contributed by atoms with E-state index in [1.807, 2.05) is 26.0 Å². The van der Waals surface area contributed by atoms with Gasteiger partial charge in [0, 0.05) is 20.0 Å². The number of hydrogen-bond acceptors (Lipinski definition) is 5. The van der Waals surface area contributed by atoms with E-state index >= 15 is 0 Å². The number of amides is 3. The monoisotopic (exact) mass is 478 g/mol. The van der Waals surface area contributed by atoms with Gasteiger partial charge < -0.3 is 19.5 Å². The van der Waals surface area contributed by atoms with Crippen molar-refractivity contribution < 1.29 is 18.8 Å². The summed E-state index contributed by atoms with van der Waals surface area (Å²) in [6, 6.07) is 5.72. The number of carbonyl (C=O) groups is 3. The van der Waals surface area contributed by atoms with E-state index in [2.05, 4.69) is 22.4 Å². The smallest absolute Gasteiger partial charge is 0.251 e. The lowest BCUT2D eigenvalue weighted by molar-refractivity contribution is -0.159. The zero-order valence-corrected chi connectivity index (χ0v) is 20.9. The Balaban J connectivity index is 1.53. The maximum Gasteiger partial charge on any atom is 0.251 e. The third-order valence-corrected chi connectivity index (χ3v) is 7.40. The van der Waals surface area contributed by atoms with E-state index in [1.165, 1.54) is 27.2 Å². The first kappa shape index (κ1) is 23.6. The van der Waals surface area contributed by atoms with Crippen molar-refractivity contribution in [2.75, 3.05) is 14.1 Å². The molecule has 0 spiro atoms. The summed E-state index contributed by atoms with van der Waals surface area (Å²) >= 11 is 0. The number of nitrogens with one attached hydrogen (secondary N) is 1. The van der Waals surface area contributed by atoms with Crippen LogP contribution in [0.1, 0.15) is 67.8 Å². The van der Waals surface area contributed by atoms with Crippen LogP contribution in [-0.4, -0.2) is 58.7 Å². The first-order valence-electron chi connectivity index (χ1n) is 12.6. The molecule has 3 atom stereocenters. The van der Waals surface area contributed by atoms with Gasteiger partial charge in [0.05, 0.1) is 0 Å². The van der Waals surface area contributed by atoms with Gasteiger partial charge in [-0.3, -0.25) is 14.4 Å². The van der Waals surface area contributed by atoms with Gasteiger partial charge in [0.15, 0.2) is 11.9 Å². The Morgan fingerprint density at radius 1 is 1.17 bits per heavy atom. The lowest BCUT2D eigenvalue weighted by Gasteiger charge is -2.44. The topological polar surface area (TPSA) is 95.8 Å². The number of aromatic nitrogens is 1. The summed E-state index contributed by atoms with van der Waals surface area (Å²) in [5, 5.41) is 3.04. The number of fused-ring (bicyclic) bond motifs is 1. The second kappa shape index (κ2) is 9.13. The largest absolute Gasteiger partial charge is 0.448 e. The normalized spacial score (nSPS) is 23.4. The van der Waals surface area contributed by atoms with E-state index in [0.29, 0.717) is 18.0 Å².